The highest BCUT2D eigenvalue weighted by Crippen LogP contribution is 2.26. The second-order valence-electron chi connectivity index (χ2n) is 4.94. The molecule has 1 amide bonds. The lowest BCUT2D eigenvalue weighted by molar-refractivity contribution is 0.0950. The van der Waals surface area contributed by atoms with Crippen molar-refractivity contribution < 1.29 is 18.7 Å². The lowest BCUT2D eigenvalue weighted by atomic mass is 10.2. The fraction of sp³-hybridized carbons (Fsp3) is 0.111. The van der Waals surface area contributed by atoms with Crippen LogP contribution in [0.15, 0.2) is 65.6 Å². The predicted molar refractivity (Wildman–Crippen MR) is 87.2 cm³/mol. The topological polar surface area (TPSA) is 73.6 Å². The van der Waals surface area contributed by atoms with Crippen molar-refractivity contribution in [1.29, 1.82) is 0 Å². The van der Waals surface area contributed by atoms with Crippen molar-refractivity contribution in [2.75, 3.05) is 7.11 Å². The second kappa shape index (κ2) is 7.32. The Morgan fingerprint density at radius 2 is 2.08 bits per heavy atom. The summed E-state index contributed by atoms with van der Waals surface area (Å²) >= 11 is 0. The Morgan fingerprint density at radius 1 is 1.21 bits per heavy atom. The number of furan rings is 1. The Labute approximate surface area is 139 Å². The van der Waals surface area contributed by atoms with Gasteiger partial charge in [-0.3, -0.25) is 4.79 Å². The van der Waals surface area contributed by atoms with Crippen molar-refractivity contribution in [3.63, 3.8) is 0 Å². The van der Waals surface area contributed by atoms with Gasteiger partial charge in [0.15, 0.2) is 0 Å². The number of aromatic nitrogens is 1. The van der Waals surface area contributed by atoms with Crippen LogP contribution in [0.1, 0.15) is 15.9 Å². The van der Waals surface area contributed by atoms with Gasteiger partial charge in [-0.25, -0.2) is 4.98 Å². The Bertz CT molecular complexity index is 815. The van der Waals surface area contributed by atoms with E-state index < -0.39 is 0 Å². The maximum atomic E-state index is 12.0. The van der Waals surface area contributed by atoms with Crippen LogP contribution < -0.4 is 14.8 Å². The van der Waals surface area contributed by atoms with Gasteiger partial charge >= 0.3 is 0 Å². The predicted octanol–water partition coefficient (Wildman–Crippen LogP) is 3.41. The van der Waals surface area contributed by atoms with Crippen molar-refractivity contribution in [3.8, 4) is 17.4 Å². The fourth-order valence-electron chi connectivity index (χ4n) is 2.10. The molecule has 2 aromatic heterocycles. The fourth-order valence-corrected chi connectivity index (χ4v) is 2.10. The first-order chi connectivity index (χ1) is 11.8. The number of pyridine rings is 1. The van der Waals surface area contributed by atoms with Gasteiger partial charge in [0.1, 0.15) is 17.8 Å². The molecular weight excluding hydrogens is 308 g/mol. The molecule has 0 fully saturated rings. The van der Waals surface area contributed by atoms with Gasteiger partial charge in [0.05, 0.1) is 18.9 Å². The second-order valence-corrected chi connectivity index (χ2v) is 4.94. The molecule has 0 atom stereocenters. The number of nitrogens with one attached hydrogen (secondary N) is 1. The molecule has 0 unspecified atom stereocenters. The molecule has 3 rings (SSSR count). The number of amides is 1. The number of hydrogen-bond acceptors (Lipinski definition) is 5. The molecule has 6 nitrogen and oxygen atoms in total. The smallest absolute Gasteiger partial charge is 0.254 e. The largest absolute Gasteiger partial charge is 0.497 e. The summed E-state index contributed by atoms with van der Waals surface area (Å²) < 4.78 is 15.9. The summed E-state index contributed by atoms with van der Waals surface area (Å²) in [5.74, 6) is 1.51. The van der Waals surface area contributed by atoms with Gasteiger partial charge in [-0.2, -0.15) is 0 Å². The molecule has 0 saturated carbocycles. The molecule has 0 aliphatic heterocycles. The molecule has 2 heterocycles. The highest BCUT2D eigenvalue weighted by atomic mass is 16.5. The Balaban J connectivity index is 1.71. The first-order valence-electron chi connectivity index (χ1n) is 7.32. The normalized spacial score (nSPS) is 10.2. The number of rotatable bonds is 6. The standard InChI is InChI=1S/C18H16N2O4/c1-22-15-5-2-6-16(10-15)24-18-13(4-3-8-19-18)11-20-17(21)14-7-9-23-12-14/h2-10,12H,11H2,1H3,(H,20,21). The molecule has 3 aromatic rings. The molecule has 0 radical (unpaired) electrons. The lowest BCUT2D eigenvalue weighted by Crippen LogP contribution is -2.22. The van der Waals surface area contributed by atoms with E-state index in [9.17, 15) is 4.79 Å². The molecule has 0 spiro atoms. The number of carbonyl (C=O) groups is 1. The van der Waals surface area contributed by atoms with Gasteiger partial charge in [0, 0.05) is 24.4 Å². The Morgan fingerprint density at radius 3 is 2.88 bits per heavy atom. The maximum Gasteiger partial charge on any atom is 0.254 e. The van der Waals surface area contributed by atoms with Gasteiger partial charge in [0.25, 0.3) is 5.91 Å². The summed E-state index contributed by atoms with van der Waals surface area (Å²) in [4.78, 5) is 16.2. The summed E-state index contributed by atoms with van der Waals surface area (Å²) in [7, 11) is 1.59. The van der Waals surface area contributed by atoms with E-state index in [2.05, 4.69) is 10.3 Å². The van der Waals surface area contributed by atoms with Crippen LogP contribution in [0.25, 0.3) is 0 Å². The van der Waals surface area contributed by atoms with Crippen LogP contribution in [0.2, 0.25) is 0 Å². The zero-order valence-corrected chi connectivity index (χ0v) is 13.1. The van der Waals surface area contributed by atoms with Gasteiger partial charge in [0.2, 0.25) is 5.88 Å². The molecule has 0 saturated heterocycles. The monoisotopic (exact) mass is 324 g/mol. The molecule has 0 aliphatic carbocycles. The van der Waals surface area contributed by atoms with Crippen molar-refractivity contribution >= 4 is 5.91 Å². The van der Waals surface area contributed by atoms with Crippen LogP contribution in [0.4, 0.5) is 0 Å². The van der Waals surface area contributed by atoms with Crippen LogP contribution >= 0.6 is 0 Å². The number of hydrogen-bond donors (Lipinski definition) is 1. The maximum absolute atomic E-state index is 12.0. The number of carbonyl (C=O) groups excluding carboxylic acids is 1. The third kappa shape index (κ3) is 3.73. The quantitative estimate of drug-likeness (QED) is 0.752. The molecule has 1 N–H and O–H groups in total. The Hall–Kier alpha value is -3.28. The molecule has 6 heteroatoms. The van der Waals surface area contributed by atoms with Crippen molar-refractivity contribution in [1.82, 2.24) is 10.3 Å². The minimum absolute atomic E-state index is 0.222. The molecule has 24 heavy (non-hydrogen) atoms. The average molecular weight is 324 g/mol. The molecule has 1 aromatic carbocycles. The van der Waals surface area contributed by atoms with Crippen LogP contribution in [-0.4, -0.2) is 18.0 Å². The van der Waals surface area contributed by atoms with E-state index in [1.165, 1.54) is 12.5 Å². The SMILES string of the molecule is COc1cccc(Oc2ncccc2CNC(=O)c2ccoc2)c1. The summed E-state index contributed by atoms with van der Waals surface area (Å²) in [5.41, 5.74) is 1.23. The third-order valence-corrected chi connectivity index (χ3v) is 3.33. The molecule has 0 bridgehead atoms. The highest BCUT2D eigenvalue weighted by Gasteiger charge is 2.10. The van der Waals surface area contributed by atoms with E-state index in [1.807, 2.05) is 24.3 Å². The third-order valence-electron chi connectivity index (χ3n) is 3.33. The van der Waals surface area contributed by atoms with E-state index in [4.69, 9.17) is 13.9 Å². The highest BCUT2D eigenvalue weighted by molar-refractivity contribution is 5.93. The van der Waals surface area contributed by atoms with E-state index in [1.54, 1.807) is 31.5 Å². The average Bonchev–Trinajstić information content (AvgIpc) is 3.16. The van der Waals surface area contributed by atoms with Crippen LogP contribution in [0.5, 0.6) is 17.4 Å². The van der Waals surface area contributed by atoms with E-state index in [0.29, 0.717) is 22.9 Å². The van der Waals surface area contributed by atoms with Crippen LogP contribution in [0, 0.1) is 0 Å². The van der Waals surface area contributed by atoms with Crippen LogP contribution in [0.3, 0.4) is 0 Å². The summed E-state index contributed by atoms with van der Waals surface area (Å²) in [5, 5.41) is 2.81. The van der Waals surface area contributed by atoms with Gasteiger partial charge in [-0.15, -0.1) is 0 Å². The molecular formula is C18H16N2O4. The molecule has 0 aliphatic rings. The number of nitrogens with zero attached hydrogens (tertiary/aromatic N) is 1. The summed E-state index contributed by atoms with van der Waals surface area (Å²) in [6.07, 6.45) is 4.49. The van der Waals surface area contributed by atoms with E-state index >= 15 is 0 Å². The summed E-state index contributed by atoms with van der Waals surface area (Å²) in [6, 6.07) is 12.5. The number of benzene rings is 1. The zero-order chi connectivity index (χ0) is 16.8. The first kappa shape index (κ1) is 15.6. The van der Waals surface area contributed by atoms with Crippen molar-refractivity contribution in [3.05, 3.63) is 72.3 Å². The van der Waals surface area contributed by atoms with Crippen molar-refractivity contribution in [2.45, 2.75) is 6.54 Å². The number of ether oxygens (including phenoxy) is 2. The lowest BCUT2D eigenvalue weighted by Gasteiger charge is -2.11. The summed E-state index contributed by atoms with van der Waals surface area (Å²) in [6.45, 7) is 0.289. The first-order valence-corrected chi connectivity index (χ1v) is 7.32. The molecule has 122 valence electrons. The number of methoxy groups -OCH3 is 1. The van der Waals surface area contributed by atoms with E-state index in [-0.39, 0.29) is 12.5 Å². The minimum atomic E-state index is -0.222. The Kier molecular flexibility index (Phi) is 4.76. The zero-order valence-electron chi connectivity index (χ0n) is 13.1. The van der Waals surface area contributed by atoms with Crippen molar-refractivity contribution in [2.24, 2.45) is 0 Å². The van der Waals surface area contributed by atoms with Gasteiger partial charge in [-0.05, 0) is 24.3 Å². The van der Waals surface area contributed by atoms with Gasteiger partial charge < -0.3 is 19.2 Å². The van der Waals surface area contributed by atoms with E-state index in [0.717, 1.165) is 5.56 Å². The minimum Gasteiger partial charge on any atom is -0.497 e. The van der Waals surface area contributed by atoms with Gasteiger partial charge in [-0.1, -0.05) is 12.1 Å². The van der Waals surface area contributed by atoms with Crippen LogP contribution in [-0.2, 0) is 6.54 Å².